The summed E-state index contributed by atoms with van der Waals surface area (Å²) in [5, 5.41) is 10.3. The fraction of sp³-hybridized carbons (Fsp3) is 0.471. The van der Waals surface area contributed by atoms with E-state index in [1.54, 1.807) is 23.5 Å². The Morgan fingerprint density at radius 2 is 2.00 bits per heavy atom. The molecule has 0 unspecified atom stereocenters. The maximum absolute atomic E-state index is 12.9. The minimum absolute atomic E-state index is 0.00666. The number of nitrogens with zero attached hydrogens (tertiary/aromatic N) is 3. The van der Waals surface area contributed by atoms with Gasteiger partial charge in [-0.3, -0.25) is 4.79 Å². The quantitative estimate of drug-likeness (QED) is 0.777. The van der Waals surface area contributed by atoms with Crippen molar-refractivity contribution in [3.8, 4) is 0 Å². The monoisotopic (exact) mass is 349 g/mol. The molecule has 0 bridgehead atoms. The number of hydrogen-bond donors (Lipinski definition) is 0. The first-order chi connectivity index (χ1) is 11.7. The molecule has 2 aromatic rings. The van der Waals surface area contributed by atoms with Crippen LogP contribution in [-0.2, 0) is 16.0 Å². The lowest BCUT2D eigenvalue weighted by Crippen LogP contribution is -2.36. The number of piperidine rings is 1. The average Bonchev–Trinajstić information content (AvgIpc) is 3.06. The van der Waals surface area contributed by atoms with Gasteiger partial charge in [-0.05, 0) is 37.5 Å². The topological polar surface area (TPSA) is 55.3 Å². The highest BCUT2D eigenvalue weighted by Crippen LogP contribution is 2.27. The van der Waals surface area contributed by atoms with Crippen LogP contribution in [0.15, 0.2) is 24.3 Å². The lowest BCUT2D eigenvalue weighted by molar-refractivity contribution is -0.148. The Kier molecular flexibility index (Phi) is 5.40. The van der Waals surface area contributed by atoms with Gasteiger partial charge in [-0.25, -0.2) is 4.39 Å². The molecule has 0 saturated carbocycles. The highest BCUT2D eigenvalue weighted by Gasteiger charge is 2.27. The Morgan fingerprint density at radius 1 is 1.29 bits per heavy atom. The third-order valence-electron chi connectivity index (χ3n) is 4.11. The van der Waals surface area contributed by atoms with E-state index in [1.807, 2.05) is 6.92 Å². The summed E-state index contributed by atoms with van der Waals surface area (Å²) >= 11 is 1.55. The van der Waals surface area contributed by atoms with E-state index in [0.717, 1.165) is 41.6 Å². The van der Waals surface area contributed by atoms with Crippen molar-refractivity contribution in [2.24, 2.45) is 5.92 Å². The third kappa shape index (κ3) is 4.08. The minimum atomic E-state index is -0.235. The zero-order valence-corrected chi connectivity index (χ0v) is 14.4. The van der Waals surface area contributed by atoms with Crippen LogP contribution in [0.5, 0.6) is 0 Å². The maximum Gasteiger partial charge on any atom is 0.309 e. The first kappa shape index (κ1) is 16.8. The zero-order chi connectivity index (χ0) is 16.9. The first-order valence-electron chi connectivity index (χ1n) is 8.14. The van der Waals surface area contributed by atoms with E-state index in [2.05, 4.69) is 15.1 Å². The highest BCUT2D eigenvalue weighted by atomic mass is 32.1. The molecule has 128 valence electrons. The molecule has 0 amide bonds. The second-order valence-corrected chi connectivity index (χ2v) is 6.84. The van der Waals surface area contributed by atoms with Gasteiger partial charge >= 0.3 is 5.97 Å². The molecular formula is C17H20FN3O2S. The molecule has 1 saturated heterocycles. The Bertz CT molecular complexity index is 681. The molecule has 0 aliphatic carbocycles. The number of benzene rings is 1. The summed E-state index contributed by atoms with van der Waals surface area (Å²) < 4.78 is 18.0. The van der Waals surface area contributed by atoms with Crippen molar-refractivity contribution in [1.82, 2.24) is 10.2 Å². The van der Waals surface area contributed by atoms with Gasteiger partial charge in [0.15, 0.2) is 0 Å². The van der Waals surface area contributed by atoms with Crippen molar-refractivity contribution in [1.29, 1.82) is 0 Å². The predicted octanol–water partition coefficient (Wildman–Crippen LogP) is 3.05. The van der Waals surface area contributed by atoms with E-state index in [1.165, 1.54) is 12.1 Å². The summed E-state index contributed by atoms with van der Waals surface area (Å²) in [6.07, 6.45) is 2.22. The van der Waals surface area contributed by atoms with Gasteiger partial charge in [0, 0.05) is 19.5 Å². The molecule has 1 aliphatic heterocycles. The van der Waals surface area contributed by atoms with Crippen molar-refractivity contribution >= 4 is 22.4 Å². The molecule has 5 nitrogen and oxygen atoms in total. The van der Waals surface area contributed by atoms with Crippen LogP contribution in [0.3, 0.4) is 0 Å². The predicted molar refractivity (Wildman–Crippen MR) is 90.7 cm³/mol. The molecule has 1 aromatic carbocycles. The number of esters is 1. The summed E-state index contributed by atoms with van der Waals surface area (Å²) in [6.45, 7) is 3.84. The number of rotatable bonds is 5. The smallest absolute Gasteiger partial charge is 0.309 e. The van der Waals surface area contributed by atoms with Crippen LogP contribution >= 0.6 is 11.3 Å². The molecule has 0 spiro atoms. The normalized spacial score (nSPS) is 15.5. The van der Waals surface area contributed by atoms with Crippen molar-refractivity contribution < 1.29 is 13.9 Å². The van der Waals surface area contributed by atoms with E-state index < -0.39 is 0 Å². The van der Waals surface area contributed by atoms with Crippen molar-refractivity contribution in [2.75, 3.05) is 24.6 Å². The van der Waals surface area contributed by atoms with Crippen molar-refractivity contribution in [2.45, 2.75) is 26.2 Å². The highest BCUT2D eigenvalue weighted by molar-refractivity contribution is 7.15. The number of ether oxygens (including phenoxy) is 1. The molecule has 1 aliphatic rings. The van der Waals surface area contributed by atoms with E-state index in [4.69, 9.17) is 4.74 Å². The van der Waals surface area contributed by atoms with Crippen LogP contribution in [0.25, 0.3) is 0 Å². The average molecular weight is 349 g/mol. The fourth-order valence-corrected chi connectivity index (χ4v) is 3.71. The Labute approximate surface area is 144 Å². The zero-order valence-electron chi connectivity index (χ0n) is 13.6. The Balaban J connectivity index is 1.56. The molecule has 0 radical (unpaired) electrons. The van der Waals surface area contributed by atoms with Crippen molar-refractivity contribution in [3.05, 3.63) is 40.7 Å². The van der Waals surface area contributed by atoms with E-state index in [9.17, 15) is 9.18 Å². The van der Waals surface area contributed by atoms with Crippen LogP contribution in [0, 0.1) is 11.7 Å². The van der Waals surface area contributed by atoms with Crippen molar-refractivity contribution in [3.63, 3.8) is 0 Å². The summed E-state index contributed by atoms with van der Waals surface area (Å²) in [6, 6.07) is 6.44. The van der Waals surface area contributed by atoms with E-state index in [-0.39, 0.29) is 17.7 Å². The summed E-state index contributed by atoms with van der Waals surface area (Å²) in [5.41, 5.74) is 1.01. The molecular weight excluding hydrogens is 329 g/mol. The van der Waals surface area contributed by atoms with Crippen LogP contribution in [0.4, 0.5) is 9.52 Å². The van der Waals surface area contributed by atoms with Gasteiger partial charge in [-0.15, -0.1) is 10.2 Å². The summed E-state index contributed by atoms with van der Waals surface area (Å²) in [4.78, 5) is 13.9. The number of hydrogen-bond acceptors (Lipinski definition) is 6. The molecule has 3 rings (SSSR count). The number of carbonyl (C=O) groups is 1. The van der Waals surface area contributed by atoms with Crippen LogP contribution in [0.2, 0.25) is 0 Å². The lowest BCUT2D eigenvalue weighted by atomic mass is 9.97. The first-order valence-corrected chi connectivity index (χ1v) is 8.95. The molecule has 0 atom stereocenters. The van der Waals surface area contributed by atoms with Crippen LogP contribution in [-0.4, -0.2) is 35.9 Å². The fourth-order valence-electron chi connectivity index (χ4n) is 2.79. The lowest BCUT2D eigenvalue weighted by Gasteiger charge is -2.30. The van der Waals surface area contributed by atoms with Gasteiger partial charge in [-0.2, -0.15) is 0 Å². The Morgan fingerprint density at radius 3 is 2.67 bits per heavy atom. The second-order valence-electron chi connectivity index (χ2n) is 5.79. The van der Waals surface area contributed by atoms with Gasteiger partial charge in [0.05, 0.1) is 12.5 Å². The standard InChI is InChI=1S/C17H20FN3O2S/c1-2-23-16(22)13-7-9-21(10-8-13)17-20-19-15(24-17)11-12-3-5-14(18)6-4-12/h3-6,13H,2,7-11H2,1H3. The largest absolute Gasteiger partial charge is 0.466 e. The SMILES string of the molecule is CCOC(=O)C1CCN(c2nnc(Cc3ccc(F)cc3)s2)CC1. The minimum Gasteiger partial charge on any atom is -0.466 e. The van der Waals surface area contributed by atoms with Gasteiger partial charge in [0.25, 0.3) is 0 Å². The third-order valence-corrected chi connectivity index (χ3v) is 5.09. The molecule has 0 N–H and O–H groups in total. The van der Waals surface area contributed by atoms with Crippen LogP contribution in [0.1, 0.15) is 30.3 Å². The van der Waals surface area contributed by atoms with Gasteiger partial charge < -0.3 is 9.64 Å². The molecule has 1 aromatic heterocycles. The van der Waals surface area contributed by atoms with Crippen LogP contribution < -0.4 is 4.90 Å². The molecule has 24 heavy (non-hydrogen) atoms. The van der Waals surface area contributed by atoms with Gasteiger partial charge in [-0.1, -0.05) is 23.5 Å². The maximum atomic E-state index is 12.9. The molecule has 1 fully saturated rings. The second kappa shape index (κ2) is 7.70. The van der Waals surface area contributed by atoms with E-state index in [0.29, 0.717) is 13.0 Å². The summed E-state index contributed by atoms with van der Waals surface area (Å²) in [5.74, 6) is -0.333. The number of carbonyl (C=O) groups excluding carboxylic acids is 1. The summed E-state index contributed by atoms with van der Waals surface area (Å²) in [7, 11) is 0. The number of anilines is 1. The van der Waals surface area contributed by atoms with Gasteiger partial charge in [0.1, 0.15) is 10.8 Å². The number of halogens is 1. The molecule has 2 heterocycles. The molecule has 7 heteroatoms. The Hall–Kier alpha value is -2.02. The van der Waals surface area contributed by atoms with Gasteiger partial charge in [0.2, 0.25) is 5.13 Å². The van der Waals surface area contributed by atoms with E-state index >= 15 is 0 Å². The number of aromatic nitrogens is 2.